The van der Waals surface area contributed by atoms with Gasteiger partial charge in [-0.3, -0.25) is 4.57 Å². The summed E-state index contributed by atoms with van der Waals surface area (Å²) in [6.45, 7) is 0. The Morgan fingerprint density at radius 2 is 1.10 bits per heavy atom. The van der Waals surface area contributed by atoms with E-state index in [1.54, 1.807) is 0 Å². The van der Waals surface area contributed by atoms with E-state index < -0.39 is 0 Å². The molecular formula is C39H24N2. The molecule has 0 spiro atoms. The van der Waals surface area contributed by atoms with Crippen LogP contribution in [0.4, 0.5) is 0 Å². The van der Waals surface area contributed by atoms with Gasteiger partial charge in [0.25, 0.3) is 0 Å². The molecule has 9 aromatic rings. The first kappa shape index (κ1) is 22.4. The van der Waals surface area contributed by atoms with Crippen LogP contribution < -0.4 is 0 Å². The predicted octanol–water partition coefficient (Wildman–Crippen LogP) is 10.4. The molecule has 0 aliphatic carbocycles. The highest BCUT2D eigenvalue weighted by atomic mass is 15.1. The molecule has 0 saturated carbocycles. The molecule has 9 rings (SSSR count). The lowest BCUT2D eigenvalue weighted by molar-refractivity contribution is 1.11. The number of aromatic nitrogens is 2. The van der Waals surface area contributed by atoms with Gasteiger partial charge < -0.3 is 0 Å². The molecule has 0 aliphatic heterocycles. The molecule has 2 nitrogen and oxygen atoms in total. The molecule has 0 aliphatic rings. The Hall–Kier alpha value is -5.47. The smallest absolute Gasteiger partial charge is 0.146 e. The van der Waals surface area contributed by atoms with Crippen molar-refractivity contribution >= 4 is 54.1 Å². The van der Waals surface area contributed by atoms with Gasteiger partial charge in [0.15, 0.2) is 0 Å². The van der Waals surface area contributed by atoms with E-state index in [1.165, 1.54) is 54.2 Å². The fourth-order valence-corrected chi connectivity index (χ4v) is 6.66. The fourth-order valence-electron chi connectivity index (χ4n) is 6.66. The Morgan fingerprint density at radius 3 is 1.93 bits per heavy atom. The van der Waals surface area contributed by atoms with E-state index in [1.807, 2.05) is 0 Å². The van der Waals surface area contributed by atoms with E-state index >= 15 is 0 Å². The highest BCUT2D eigenvalue weighted by Crippen LogP contribution is 2.45. The molecule has 0 radical (unpaired) electrons. The molecule has 190 valence electrons. The Morgan fingerprint density at radius 1 is 0.439 bits per heavy atom. The summed E-state index contributed by atoms with van der Waals surface area (Å²) in [4.78, 5) is 5.29. The predicted molar refractivity (Wildman–Crippen MR) is 173 cm³/mol. The zero-order valence-electron chi connectivity index (χ0n) is 22.3. The Balaban J connectivity index is 1.46. The number of para-hydroxylation sites is 3. The quantitative estimate of drug-likeness (QED) is 0.212. The zero-order valence-corrected chi connectivity index (χ0v) is 22.3. The van der Waals surface area contributed by atoms with Gasteiger partial charge in [0.05, 0.1) is 11.0 Å². The fraction of sp³-hybridized carbons (Fsp3) is 0. The van der Waals surface area contributed by atoms with Crippen molar-refractivity contribution in [2.75, 3.05) is 0 Å². The van der Waals surface area contributed by atoms with Crippen LogP contribution in [0.25, 0.3) is 82.3 Å². The third kappa shape index (κ3) is 3.28. The van der Waals surface area contributed by atoms with Gasteiger partial charge >= 0.3 is 0 Å². The molecule has 1 aromatic heterocycles. The molecule has 0 amide bonds. The van der Waals surface area contributed by atoms with Crippen LogP contribution in [-0.2, 0) is 0 Å². The van der Waals surface area contributed by atoms with E-state index in [9.17, 15) is 0 Å². The summed E-state index contributed by atoms with van der Waals surface area (Å²) in [6, 6.07) is 52.5. The number of rotatable bonds is 3. The second-order valence-corrected chi connectivity index (χ2v) is 10.8. The van der Waals surface area contributed by atoms with Crippen LogP contribution in [0.1, 0.15) is 0 Å². The minimum atomic E-state index is 0.956. The first-order valence-electron chi connectivity index (χ1n) is 14.1. The van der Waals surface area contributed by atoms with Gasteiger partial charge in [-0.25, -0.2) is 4.98 Å². The molecule has 0 bridgehead atoms. The Labute approximate surface area is 237 Å². The van der Waals surface area contributed by atoms with Crippen LogP contribution in [0.3, 0.4) is 0 Å². The van der Waals surface area contributed by atoms with Crippen LogP contribution >= 0.6 is 0 Å². The SMILES string of the molecule is c1ccc(-n2c(-c3cc(-c4ccc5ccccc5c4)c4ccc5cccc6ccc3c4c56)nc3ccccc32)cc1. The van der Waals surface area contributed by atoms with Crippen molar-refractivity contribution in [2.45, 2.75) is 0 Å². The minimum Gasteiger partial charge on any atom is -0.292 e. The van der Waals surface area contributed by atoms with Gasteiger partial charge in [-0.1, -0.05) is 109 Å². The Kier molecular flexibility index (Phi) is 4.64. The van der Waals surface area contributed by atoms with Crippen LogP contribution in [-0.4, -0.2) is 9.55 Å². The molecular weight excluding hydrogens is 496 g/mol. The van der Waals surface area contributed by atoms with E-state index in [2.05, 4.69) is 150 Å². The third-order valence-corrected chi connectivity index (χ3v) is 8.52. The summed E-state index contributed by atoms with van der Waals surface area (Å²) in [6.07, 6.45) is 0. The number of benzene rings is 8. The standard InChI is InChI=1S/C39H24N2/c1-2-13-30(14-3-1)41-36-16-7-6-15-35(36)40-39(41)34-24-33(29-18-17-25-9-4-5-10-28(25)23-29)31-21-19-26-11-8-12-27-20-22-32(34)38(31)37(26)27/h1-24H. The Bertz CT molecular complexity index is 2400. The largest absolute Gasteiger partial charge is 0.292 e. The second kappa shape index (κ2) is 8.51. The molecule has 0 atom stereocenters. The molecule has 0 N–H and O–H groups in total. The van der Waals surface area contributed by atoms with Crippen molar-refractivity contribution in [3.8, 4) is 28.2 Å². The van der Waals surface area contributed by atoms with Crippen LogP contribution in [0.15, 0.2) is 146 Å². The number of nitrogens with zero attached hydrogens (tertiary/aromatic N) is 2. The summed E-state index contributed by atoms with van der Waals surface area (Å²) < 4.78 is 2.31. The van der Waals surface area contributed by atoms with E-state index in [0.29, 0.717) is 0 Å². The van der Waals surface area contributed by atoms with Gasteiger partial charge in [-0.15, -0.1) is 0 Å². The maximum atomic E-state index is 5.29. The first-order chi connectivity index (χ1) is 20.3. The van der Waals surface area contributed by atoms with Gasteiger partial charge in [0.2, 0.25) is 0 Å². The summed E-state index contributed by atoms with van der Waals surface area (Å²) in [5, 5.41) is 10.1. The summed E-state index contributed by atoms with van der Waals surface area (Å²) in [5.41, 5.74) is 6.78. The van der Waals surface area contributed by atoms with Crippen LogP contribution in [0, 0.1) is 0 Å². The number of imidazole rings is 1. The summed E-state index contributed by atoms with van der Waals surface area (Å²) in [7, 11) is 0. The van der Waals surface area contributed by atoms with Gasteiger partial charge in [0.1, 0.15) is 5.82 Å². The molecule has 0 fully saturated rings. The third-order valence-electron chi connectivity index (χ3n) is 8.52. The monoisotopic (exact) mass is 520 g/mol. The van der Waals surface area contributed by atoms with E-state index in [0.717, 1.165) is 28.1 Å². The zero-order chi connectivity index (χ0) is 26.9. The summed E-state index contributed by atoms with van der Waals surface area (Å²) >= 11 is 0. The lowest BCUT2D eigenvalue weighted by atomic mass is 9.86. The van der Waals surface area contributed by atoms with Gasteiger partial charge in [-0.05, 0) is 90.6 Å². The van der Waals surface area contributed by atoms with Crippen LogP contribution in [0.2, 0.25) is 0 Å². The normalized spacial score (nSPS) is 11.9. The lowest BCUT2D eigenvalue weighted by Gasteiger charge is -2.19. The molecule has 8 aromatic carbocycles. The van der Waals surface area contributed by atoms with Gasteiger partial charge in [0, 0.05) is 11.3 Å². The second-order valence-electron chi connectivity index (χ2n) is 10.8. The molecule has 1 heterocycles. The number of hydrogen-bond donors (Lipinski definition) is 0. The lowest BCUT2D eigenvalue weighted by Crippen LogP contribution is -1.99. The van der Waals surface area contributed by atoms with Crippen molar-refractivity contribution in [1.29, 1.82) is 0 Å². The van der Waals surface area contributed by atoms with E-state index in [-0.39, 0.29) is 0 Å². The maximum absolute atomic E-state index is 5.29. The van der Waals surface area contributed by atoms with Crippen LogP contribution in [0.5, 0.6) is 0 Å². The number of hydrogen-bond acceptors (Lipinski definition) is 1. The minimum absolute atomic E-state index is 0.956. The molecule has 0 unspecified atom stereocenters. The molecule has 0 saturated heterocycles. The molecule has 2 heteroatoms. The topological polar surface area (TPSA) is 17.8 Å². The average Bonchev–Trinajstić information content (AvgIpc) is 3.43. The maximum Gasteiger partial charge on any atom is 0.146 e. The van der Waals surface area contributed by atoms with Crippen molar-refractivity contribution in [3.63, 3.8) is 0 Å². The first-order valence-corrected chi connectivity index (χ1v) is 14.1. The highest BCUT2D eigenvalue weighted by Gasteiger charge is 2.21. The van der Waals surface area contributed by atoms with Gasteiger partial charge in [-0.2, -0.15) is 0 Å². The summed E-state index contributed by atoms with van der Waals surface area (Å²) in [5.74, 6) is 0.956. The highest BCUT2D eigenvalue weighted by molar-refractivity contribution is 6.28. The van der Waals surface area contributed by atoms with Crippen molar-refractivity contribution in [2.24, 2.45) is 0 Å². The average molecular weight is 521 g/mol. The van der Waals surface area contributed by atoms with Crippen molar-refractivity contribution < 1.29 is 0 Å². The van der Waals surface area contributed by atoms with E-state index in [4.69, 9.17) is 4.98 Å². The molecule has 41 heavy (non-hydrogen) atoms. The number of fused-ring (bicyclic) bond motifs is 2. The van der Waals surface area contributed by atoms with Crippen molar-refractivity contribution in [3.05, 3.63) is 146 Å². The van der Waals surface area contributed by atoms with Crippen molar-refractivity contribution in [1.82, 2.24) is 9.55 Å².